The van der Waals surface area contributed by atoms with Gasteiger partial charge < -0.3 is 28.5 Å². The SMILES string of the molecule is COc1ccc2cc(C(C)C(=O)OC(C)C(=O)OCC(=O)OCC(=O)OCCCCO[N+](=O)[O-])ccc2c1. The molecule has 0 amide bonds. The Hall–Kier alpha value is -4.42. The molecule has 2 atom stereocenters. The van der Waals surface area contributed by atoms with E-state index in [4.69, 9.17) is 18.9 Å². The van der Waals surface area contributed by atoms with Crippen molar-refractivity contribution in [3.05, 3.63) is 52.1 Å². The first-order chi connectivity index (χ1) is 18.1. The van der Waals surface area contributed by atoms with E-state index < -0.39 is 54.2 Å². The minimum Gasteiger partial charge on any atom is -0.497 e. The summed E-state index contributed by atoms with van der Waals surface area (Å²) in [6, 6.07) is 11.0. The van der Waals surface area contributed by atoms with Gasteiger partial charge in [0.25, 0.3) is 5.09 Å². The maximum absolute atomic E-state index is 12.6. The summed E-state index contributed by atoms with van der Waals surface area (Å²) in [5, 5.41) is 10.9. The number of ether oxygens (including phenoxy) is 5. The summed E-state index contributed by atoms with van der Waals surface area (Å²) in [6.45, 7) is 1.28. The lowest BCUT2D eigenvalue weighted by atomic mass is 9.98. The van der Waals surface area contributed by atoms with Crippen molar-refractivity contribution in [2.24, 2.45) is 0 Å². The van der Waals surface area contributed by atoms with Crippen LogP contribution in [-0.4, -0.2) is 68.6 Å². The Morgan fingerprint density at radius 3 is 2.18 bits per heavy atom. The molecule has 0 aliphatic rings. The van der Waals surface area contributed by atoms with Crippen LogP contribution in [-0.2, 0) is 43.0 Å². The number of hydrogen-bond donors (Lipinski definition) is 0. The first kappa shape index (κ1) is 29.8. The second kappa shape index (κ2) is 15.0. The van der Waals surface area contributed by atoms with Gasteiger partial charge in [-0.15, -0.1) is 10.1 Å². The smallest absolute Gasteiger partial charge is 0.347 e. The molecule has 13 heteroatoms. The quantitative estimate of drug-likeness (QED) is 0.108. The lowest BCUT2D eigenvalue weighted by Crippen LogP contribution is -2.30. The van der Waals surface area contributed by atoms with Crippen molar-refractivity contribution in [1.82, 2.24) is 0 Å². The number of carbonyl (C=O) groups is 4. The van der Waals surface area contributed by atoms with Crippen molar-refractivity contribution in [1.29, 1.82) is 0 Å². The van der Waals surface area contributed by atoms with E-state index in [1.807, 2.05) is 30.3 Å². The van der Waals surface area contributed by atoms with Crippen LogP contribution in [0.25, 0.3) is 10.8 Å². The highest BCUT2D eigenvalue weighted by Crippen LogP contribution is 2.26. The van der Waals surface area contributed by atoms with Gasteiger partial charge in [-0.05, 0) is 55.2 Å². The van der Waals surface area contributed by atoms with Gasteiger partial charge in [0.05, 0.1) is 26.2 Å². The summed E-state index contributed by atoms with van der Waals surface area (Å²) in [5.74, 6) is -3.43. The molecule has 0 spiro atoms. The number of esters is 4. The summed E-state index contributed by atoms with van der Waals surface area (Å²) < 4.78 is 24.6. The minimum absolute atomic E-state index is 0.0400. The average molecular weight is 536 g/mol. The third kappa shape index (κ3) is 9.91. The van der Waals surface area contributed by atoms with Gasteiger partial charge in [0.15, 0.2) is 19.3 Å². The van der Waals surface area contributed by atoms with E-state index in [0.29, 0.717) is 24.2 Å². The molecule has 0 aliphatic carbocycles. The molecule has 2 aromatic rings. The van der Waals surface area contributed by atoms with Crippen molar-refractivity contribution in [2.45, 2.75) is 38.7 Å². The van der Waals surface area contributed by atoms with Gasteiger partial charge in [-0.25, -0.2) is 14.4 Å². The number of nitrogens with zero attached hydrogens (tertiary/aromatic N) is 1. The van der Waals surface area contributed by atoms with Crippen LogP contribution in [0.1, 0.15) is 38.2 Å². The summed E-state index contributed by atoms with van der Waals surface area (Å²) in [7, 11) is 1.58. The van der Waals surface area contributed by atoms with Crippen LogP contribution in [0.5, 0.6) is 5.75 Å². The molecule has 206 valence electrons. The highest BCUT2D eigenvalue weighted by atomic mass is 16.9. The summed E-state index contributed by atoms with van der Waals surface area (Å²) in [6.07, 6.45) is -0.674. The minimum atomic E-state index is -1.29. The van der Waals surface area contributed by atoms with Gasteiger partial charge >= 0.3 is 23.9 Å². The van der Waals surface area contributed by atoms with Crippen LogP contribution < -0.4 is 4.74 Å². The third-order valence-electron chi connectivity index (χ3n) is 5.23. The zero-order valence-electron chi connectivity index (χ0n) is 21.2. The lowest BCUT2D eigenvalue weighted by molar-refractivity contribution is -0.757. The van der Waals surface area contributed by atoms with Crippen molar-refractivity contribution in [2.75, 3.05) is 33.5 Å². The van der Waals surface area contributed by atoms with Crippen LogP contribution in [0, 0.1) is 10.1 Å². The average Bonchev–Trinajstić information content (AvgIpc) is 2.90. The zero-order valence-corrected chi connectivity index (χ0v) is 21.2. The lowest BCUT2D eigenvalue weighted by Gasteiger charge is -2.16. The van der Waals surface area contributed by atoms with Crippen molar-refractivity contribution in [3.63, 3.8) is 0 Å². The monoisotopic (exact) mass is 535 g/mol. The maximum atomic E-state index is 12.6. The molecular weight excluding hydrogens is 506 g/mol. The molecule has 38 heavy (non-hydrogen) atoms. The number of rotatable bonds is 15. The zero-order chi connectivity index (χ0) is 28.1. The number of hydrogen-bond acceptors (Lipinski definition) is 12. The Morgan fingerprint density at radius 2 is 1.47 bits per heavy atom. The molecule has 0 bridgehead atoms. The Morgan fingerprint density at radius 1 is 0.842 bits per heavy atom. The fourth-order valence-corrected chi connectivity index (χ4v) is 3.10. The molecule has 0 heterocycles. The molecule has 0 saturated carbocycles. The molecule has 0 aliphatic heterocycles. The van der Waals surface area contributed by atoms with Gasteiger partial charge in [0.2, 0.25) is 0 Å². The first-order valence-electron chi connectivity index (χ1n) is 11.6. The molecule has 13 nitrogen and oxygen atoms in total. The molecule has 0 radical (unpaired) electrons. The number of methoxy groups -OCH3 is 1. The third-order valence-corrected chi connectivity index (χ3v) is 5.23. The molecule has 0 aromatic heterocycles. The molecule has 0 fully saturated rings. The van der Waals surface area contributed by atoms with Crippen molar-refractivity contribution >= 4 is 34.6 Å². The molecule has 2 unspecified atom stereocenters. The standard InChI is InChI=1S/C25H29NO12/c1-16(18-6-7-20-13-21(33-3)9-8-19(20)12-18)24(29)38-17(2)25(30)36-15-23(28)35-14-22(27)34-10-4-5-11-37-26(31)32/h6-9,12-13,16-17H,4-5,10-11,14-15H2,1-3H3. The van der Waals surface area contributed by atoms with Crippen LogP contribution in [0.3, 0.4) is 0 Å². The molecule has 2 aromatic carbocycles. The number of carbonyl (C=O) groups excluding carboxylic acids is 4. The Labute approximate surface area is 218 Å². The summed E-state index contributed by atoms with van der Waals surface area (Å²) in [4.78, 5) is 62.0. The normalized spacial score (nSPS) is 12.1. The van der Waals surface area contributed by atoms with E-state index in [0.717, 1.165) is 10.8 Å². The Kier molecular flexibility index (Phi) is 11.7. The van der Waals surface area contributed by atoms with Gasteiger partial charge in [0, 0.05) is 0 Å². The molecule has 2 rings (SSSR count). The maximum Gasteiger partial charge on any atom is 0.347 e. The molecule has 0 saturated heterocycles. The Balaban J connectivity index is 1.70. The van der Waals surface area contributed by atoms with Crippen LogP contribution >= 0.6 is 0 Å². The predicted octanol–water partition coefficient (Wildman–Crippen LogP) is 2.50. The number of benzene rings is 2. The fourth-order valence-electron chi connectivity index (χ4n) is 3.10. The van der Waals surface area contributed by atoms with Crippen molar-refractivity contribution in [3.8, 4) is 5.75 Å². The van der Waals surface area contributed by atoms with E-state index in [2.05, 4.69) is 9.57 Å². The largest absolute Gasteiger partial charge is 0.497 e. The van der Waals surface area contributed by atoms with Gasteiger partial charge in [-0.2, -0.15) is 0 Å². The van der Waals surface area contributed by atoms with E-state index >= 15 is 0 Å². The number of unbranched alkanes of at least 4 members (excludes halogenated alkanes) is 1. The van der Waals surface area contributed by atoms with E-state index in [1.54, 1.807) is 20.1 Å². The van der Waals surface area contributed by atoms with E-state index in [9.17, 15) is 29.3 Å². The number of fused-ring (bicyclic) bond motifs is 1. The topological polar surface area (TPSA) is 167 Å². The predicted molar refractivity (Wildman–Crippen MR) is 130 cm³/mol. The second-order valence-corrected chi connectivity index (χ2v) is 8.03. The van der Waals surface area contributed by atoms with Gasteiger partial charge in [-0.3, -0.25) is 4.79 Å². The molecule has 0 N–H and O–H groups in total. The Bertz CT molecular complexity index is 1150. The van der Waals surface area contributed by atoms with Gasteiger partial charge in [-0.1, -0.05) is 24.3 Å². The summed E-state index contributed by atoms with van der Waals surface area (Å²) >= 11 is 0. The first-order valence-corrected chi connectivity index (χ1v) is 11.6. The molecular formula is C25H29NO12. The van der Waals surface area contributed by atoms with Gasteiger partial charge in [0.1, 0.15) is 5.75 Å². The van der Waals surface area contributed by atoms with Crippen LogP contribution in [0.15, 0.2) is 36.4 Å². The summed E-state index contributed by atoms with van der Waals surface area (Å²) in [5.41, 5.74) is 0.689. The second-order valence-electron chi connectivity index (χ2n) is 8.03. The van der Waals surface area contributed by atoms with Crippen LogP contribution in [0.4, 0.5) is 0 Å². The van der Waals surface area contributed by atoms with E-state index in [-0.39, 0.29) is 13.2 Å². The van der Waals surface area contributed by atoms with E-state index in [1.165, 1.54) is 6.92 Å². The highest BCUT2D eigenvalue weighted by molar-refractivity contribution is 5.88. The van der Waals surface area contributed by atoms with Crippen molar-refractivity contribution < 1.29 is 52.8 Å². The van der Waals surface area contributed by atoms with Crippen LogP contribution in [0.2, 0.25) is 0 Å². The highest BCUT2D eigenvalue weighted by Gasteiger charge is 2.25. The fraction of sp³-hybridized carbons (Fsp3) is 0.440.